The zero-order valence-electron chi connectivity index (χ0n) is 18.2. The first-order valence-corrected chi connectivity index (χ1v) is 13.6. The molecule has 0 unspecified atom stereocenters. The van der Waals surface area contributed by atoms with Crippen molar-refractivity contribution in [3.05, 3.63) is 124 Å². The monoisotopic (exact) mass is 502 g/mol. The average molecular weight is 503 g/mol. The molecule has 2 aliphatic rings. The number of rotatable bonds is 4. The van der Waals surface area contributed by atoms with E-state index in [1.54, 1.807) is 54.6 Å². The van der Waals surface area contributed by atoms with Gasteiger partial charge in [-0.3, -0.25) is 9.59 Å². The number of allylic oxidation sites excluding steroid dienone is 6. The minimum atomic E-state index is -3.97. The van der Waals surface area contributed by atoms with E-state index in [9.17, 15) is 26.4 Å². The number of hydrogen-bond donors (Lipinski definition) is 0. The first-order valence-electron chi connectivity index (χ1n) is 10.7. The fourth-order valence-electron chi connectivity index (χ4n) is 4.20. The summed E-state index contributed by atoms with van der Waals surface area (Å²) >= 11 is 0. The molecule has 5 rings (SSSR count). The van der Waals surface area contributed by atoms with Crippen LogP contribution in [-0.2, 0) is 19.7 Å². The molecule has 0 N–H and O–H groups in total. The summed E-state index contributed by atoms with van der Waals surface area (Å²) in [6, 6.07) is 21.0. The molecular weight excluding hydrogens is 484 g/mol. The van der Waals surface area contributed by atoms with Crippen LogP contribution in [0.15, 0.2) is 117 Å². The molecule has 2 aliphatic heterocycles. The summed E-state index contributed by atoms with van der Waals surface area (Å²) < 4.78 is 51.7. The Morgan fingerprint density at radius 3 is 1.69 bits per heavy atom. The fourth-order valence-corrected chi connectivity index (χ4v) is 7.35. The summed E-state index contributed by atoms with van der Waals surface area (Å²) in [4.78, 5) is 24.8. The topological polar surface area (TPSA) is 102 Å². The molecule has 8 heteroatoms. The smallest absolute Gasteiger partial charge is 0.211 e. The summed E-state index contributed by atoms with van der Waals surface area (Å²) in [7, 11) is -7.91. The predicted octanol–water partition coefficient (Wildman–Crippen LogP) is 4.57. The molecule has 0 aromatic heterocycles. The van der Waals surface area contributed by atoms with Crippen molar-refractivity contribution in [2.24, 2.45) is 0 Å². The lowest BCUT2D eigenvalue weighted by molar-refractivity contribution is 0.103. The molecule has 35 heavy (non-hydrogen) atoms. The molecule has 0 fully saturated rings. The quantitative estimate of drug-likeness (QED) is 0.485. The number of carbonyl (C=O) groups excluding carboxylic acids is 2. The number of benzene rings is 3. The van der Waals surface area contributed by atoms with Gasteiger partial charge in [0.25, 0.3) is 0 Å². The number of Topliss-reactive ketones (excluding diaryl/α,β-unsaturated/α-hetero) is 2. The first kappa shape index (κ1) is 22.9. The highest BCUT2D eigenvalue weighted by atomic mass is 32.2. The van der Waals surface area contributed by atoms with Gasteiger partial charge in [-0.2, -0.15) is 0 Å². The van der Waals surface area contributed by atoms with Gasteiger partial charge < -0.3 is 0 Å². The maximum atomic E-state index is 12.9. The zero-order valence-corrected chi connectivity index (χ0v) is 19.8. The van der Waals surface area contributed by atoms with Crippen LogP contribution in [0.5, 0.6) is 0 Å². The van der Waals surface area contributed by atoms with E-state index in [1.807, 2.05) is 0 Å². The van der Waals surface area contributed by atoms with Crippen LogP contribution in [0.3, 0.4) is 0 Å². The van der Waals surface area contributed by atoms with Gasteiger partial charge in [0.05, 0.1) is 9.79 Å². The zero-order chi connectivity index (χ0) is 24.8. The Labute approximate surface area is 202 Å². The SMILES string of the molecule is O=C1C(=CC=C(CC=C2C(=O)c3ccccc3S2(=O)=O)c2ccccc2)S(=O)(=O)c2ccccc21. The number of ketones is 2. The number of fused-ring (bicyclic) bond motifs is 2. The normalized spacial score (nSPS) is 20.3. The maximum absolute atomic E-state index is 12.9. The molecular formula is C27H18O6S2. The third-order valence-corrected chi connectivity index (χ3v) is 9.66. The molecule has 0 saturated heterocycles. The highest BCUT2D eigenvalue weighted by Crippen LogP contribution is 2.36. The summed E-state index contributed by atoms with van der Waals surface area (Å²) in [6.07, 6.45) is 4.11. The number of carbonyl (C=O) groups is 2. The Morgan fingerprint density at radius 2 is 1.11 bits per heavy atom. The summed E-state index contributed by atoms with van der Waals surface area (Å²) in [5, 5.41) is 0. The van der Waals surface area contributed by atoms with Crippen molar-refractivity contribution < 1.29 is 26.4 Å². The van der Waals surface area contributed by atoms with Crippen molar-refractivity contribution in [1.82, 2.24) is 0 Å². The lowest BCUT2D eigenvalue weighted by atomic mass is 10.0. The highest BCUT2D eigenvalue weighted by Gasteiger charge is 2.39. The second-order valence-electron chi connectivity index (χ2n) is 8.02. The van der Waals surface area contributed by atoms with Crippen LogP contribution in [-0.4, -0.2) is 28.4 Å². The van der Waals surface area contributed by atoms with Gasteiger partial charge in [0.1, 0.15) is 9.81 Å². The van der Waals surface area contributed by atoms with Crippen LogP contribution < -0.4 is 0 Å². The second kappa shape index (κ2) is 8.41. The van der Waals surface area contributed by atoms with Crippen LogP contribution in [0.1, 0.15) is 32.7 Å². The molecule has 0 spiro atoms. The number of sulfone groups is 2. The summed E-state index contributed by atoms with van der Waals surface area (Å²) in [6.45, 7) is 0. The van der Waals surface area contributed by atoms with Gasteiger partial charge in [-0.15, -0.1) is 0 Å². The van der Waals surface area contributed by atoms with Crippen molar-refractivity contribution in [3.63, 3.8) is 0 Å². The number of hydrogen-bond acceptors (Lipinski definition) is 6. The molecule has 0 amide bonds. The van der Waals surface area contributed by atoms with Gasteiger partial charge in [0, 0.05) is 11.1 Å². The molecule has 3 aromatic rings. The van der Waals surface area contributed by atoms with E-state index in [2.05, 4.69) is 0 Å². The van der Waals surface area contributed by atoms with E-state index in [1.165, 1.54) is 42.5 Å². The van der Waals surface area contributed by atoms with Crippen molar-refractivity contribution in [2.75, 3.05) is 0 Å². The molecule has 0 radical (unpaired) electrons. The Kier molecular flexibility index (Phi) is 5.50. The predicted molar refractivity (Wildman–Crippen MR) is 131 cm³/mol. The molecule has 0 saturated carbocycles. The van der Waals surface area contributed by atoms with Gasteiger partial charge in [-0.05, 0) is 47.9 Å². The Morgan fingerprint density at radius 1 is 0.629 bits per heavy atom. The van der Waals surface area contributed by atoms with Gasteiger partial charge in [0.15, 0.2) is 0 Å². The van der Waals surface area contributed by atoms with Crippen LogP contribution in [0.2, 0.25) is 0 Å². The minimum Gasteiger partial charge on any atom is -0.288 e. The lowest BCUT2D eigenvalue weighted by Crippen LogP contribution is -2.03. The molecule has 6 nitrogen and oxygen atoms in total. The van der Waals surface area contributed by atoms with E-state index in [0.29, 0.717) is 11.1 Å². The average Bonchev–Trinajstić information content (AvgIpc) is 3.18. The summed E-state index contributed by atoms with van der Waals surface area (Å²) in [5.41, 5.74) is 1.49. The molecule has 0 bridgehead atoms. The van der Waals surface area contributed by atoms with E-state index in [-0.39, 0.29) is 37.1 Å². The van der Waals surface area contributed by atoms with Gasteiger partial charge in [0.2, 0.25) is 31.2 Å². The van der Waals surface area contributed by atoms with Gasteiger partial charge in [-0.1, -0.05) is 66.7 Å². The van der Waals surface area contributed by atoms with Crippen molar-refractivity contribution in [3.8, 4) is 0 Å². The van der Waals surface area contributed by atoms with E-state index in [0.717, 1.165) is 0 Å². The second-order valence-corrected chi connectivity index (χ2v) is 11.8. The first-order chi connectivity index (χ1) is 16.7. The molecule has 0 aliphatic carbocycles. The Hall–Kier alpha value is -3.88. The summed E-state index contributed by atoms with van der Waals surface area (Å²) in [5.74, 6) is -1.16. The maximum Gasteiger partial charge on any atom is 0.211 e. The van der Waals surface area contributed by atoms with E-state index >= 15 is 0 Å². The molecule has 174 valence electrons. The third kappa shape index (κ3) is 3.71. The molecule has 2 heterocycles. The fraction of sp³-hybridized carbons (Fsp3) is 0.0370. The largest absolute Gasteiger partial charge is 0.288 e. The van der Waals surface area contributed by atoms with Crippen molar-refractivity contribution >= 4 is 36.8 Å². The van der Waals surface area contributed by atoms with E-state index in [4.69, 9.17) is 0 Å². The Bertz CT molecular complexity index is 1710. The molecule has 0 atom stereocenters. The molecule has 3 aromatic carbocycles. The van der Waals surface area contributed by atoms with Gasteiger partial charge >= 0.3 is 0 Å². The Balaban J connectivity index is 1.57. The van der Waals surface area contributed by atoms with Crippen LogP contribution in [0, 0.1) is 0 Å². The van der Waals surface area contributed by atoms with Crippen molar-refractivity contribution in [1.29, 1.82) is 0 Å². The van der Waals surface area contributed by atoms with Crippen molar-refractivity contribution in [2.45, 2.75) is 16.2 Å². The third-order valence-electron chi connectivity index (χ3n) is 5.96. The minimum absolute atomic E-state index is 0.0241. The van der Waals surface area contributed by atoms with Crippen LogP contribution in [0.25, 0.3) is 5.57 Å². The van der Waals surface area contributed by atoms with E-state index < -0.39 is 31.2 Å². The highest BCUT2D eigenvalue weighted by molar-refractivity contribution is 7.97. The standard InChI is InChI=1S/C27H18O6S2/c28-26-20-10-4-6-12-22(20)34(30,31)24(26)16-14-19(18-8-2-1-3-9-18)15-17-25-27(29)21-11-5-7-13-23(21)35(25,32)33/h1-14,16-17H,15H2. The van der Waals surface area contributed by atoms with Crippen LogP contribution >= 0.6 is 0 Å². The lowest BCUT2D eigenvalue weighted by Gasteiger charge is -2.06. The van der Waals surface area contributed by atoms with Gasteiger partial charge in [-0.25, -0.2) is 16.8 Å². The van der Waals surface area contributed by atoms with Crippen LogP contribution in [0.4, 0.5) is 0 Å².